The van der Waals surface area contributed by atoms with Crippen LogP contribution in [0, 0.1) is 5.92 Å². The zero-order valence-electron chi connectivity index (χ0n) is 9.94. The summed E-state index contributed by atoms with van der Waals surface area (Å²) in [6.07, 6.45) is 2.34. The van der Waals surface area contributed by atoms with Crippen molar-refractivity contribution >= 4 is 5.91 Å². The number of nitrogens with one attached hydrogen (secondary N) is 5. The lowest BCUT2D eigenvalue weighted by atomic mass is 10.1. The van der Waals surface area contributed by atoms with Crippen LogP contribution in [0.15, 0.2) is 30.3 Å². The first kappa shape index (κ1) is 11.6. The van der Waals surface area contributed by atoms with Crippen LogP contribution in [0.2, 0.25) is 0 Å². The number of benzene rings is 1. The average Bonchev–Trinajstić information content (AvgIpc) is 3.11. The van der Waals surface area contributed by atoms with E-state index in [9.17, 15) is 4.79 Å². The van der Waals surface area contributed by atoms with E-state index < -0.39 is 0 Å². The van der Waals surface area contributed by atoms with Gasteiger partial charge in [0.1, 0.15) is 6.17 Å². The van der Waals surface area contributed by atoms with Crippen molar-refractivity contribution in [3.05, 3.63) is 35.9 Å². The van der Waals surface area contributed by atoms with Gasteiger partial charge in [0, 0.05) is 5.56 Å². The van der Waals surface area contributed by atoms with Gasteiger partial charge < -0.3 is 5.32 Å². The van der Waals surface area contributed by atoms with Gasteiger partial charge in [-0.3, -0.25) is 4.79 Å². The zero-order valence-corrected chi connectivity index (χ0v) is 9.94. The average molecular weight is 247 g/mol. The monoisotopic (exact) mass is 247 g/mol. The zero-order chi connectivity index (χ0) is 12.4. The molecule has 2 aliphatic rings. The van der Waals surface area contributed by atoms with Gasteiger partial charge in [-0.15, -0.1) is 0 Å². The first-order chi connectivity index (χ1) is 8.84. The quantitative estimate of drug-likeness (QED) is 0.502. The minimum Gasteiger partial charge on any atom is -0.346 e. The van der Waals surface area contributed by atoms with Crippen LogP contribution < -0.4 is 27.2 Å². The van der Waals surface area contributed by atoms with Crippen molar-refractivity contribution < 1.29 is 4.79 Å². The Morgan fingerprint density at radius 3 is 2.44 bits per heavy atom. The highest BCUT2D eigenvalue weighted by Crippen LogP contribution is 2.33. The molecule has 1 aliphatic carbocycles. The van der Waals surface area contributed by atoms with Gasteiger partial charge in [0.25, 0.3) is 5.91 Å². The Balaban J connectivity index is 1.67. The molecule has 5 N–H and O–H groups in total. The fraction of sp³-hybridized carbons (Fsp3) is 0.417. The van der Waals surface area contributed by atoms with E-state index in [-0.39, 0.29) is 18.1 Å². The summed E-state index contributed by atoms with van der Waals surface area (Å²) in [6.45, 7) is 0. The third-order valence-corrected chi connectivity index (χ3v) is 3.34. The van der Waals surface area contributed by atoms with Gasteiger partial charge in [-0.05, 0) is 30.9 Å². The predicted octanol–water partition coefficient (Wildman–Crippen LogP) is -0.362. The SMILES string of the molecule is O=C(NC(C1CC1)C1NNNN1)c1ccccc1. The van der Waals surface area contributed by atoms with Crippen LogP contribution in [0.3, 0.4) is 0 Å². The first-order valence-corrected chi connectivity index (χ1v) is 6.21. The van der Waals surface area contributed by atoms with Crippen molar-refractivity contribution in [2.24, 2.45) is 5.92 Å². The summed E-state index contributed by atoms with van der Waals surface area (Å²) >= 11 is 0. The summed E-state index contributed by atoms with van der Waals surface area (Å²) in [5.41, 5.74) is 12.4. The van der Waals surface area contributed by atoms with Crippen molar-refractivity contribution in [1.29, 1.82) is 0 Å². The summed E-state index contributed by atoms with van der Waals surface area (Å²) in [5, 5.41) is 3.09. The summed E-state index contributed by atoms with van der Waals surface area (Å²) in [5.74, 6) is 0.521. The van der Waals surface area contributed by atoms with Crippen molar-refractivity contribution in [3.8, 4) is 0 Å². The summed E-state index contributed by atoms with van der Waals surface area (Å²) in [6, 6.07) is 9.38. The van der Waals surface area contributed by atoms with Gasteiger partial charge in [0.05, 0.1) is 6.04 Å². The lowest BCUT2D eigenvalue weighted by Gasteiger charge is -2.23. The van der Waals surface area contributed by atoms with Gasteiger partial charge in [-0.25, -0.2) is 10.9 Å². The largest absolute Gasteiger partial charge is 0.346 e. The Morgan fingerprint density at radius 2 is 1.83 bits per heavy atom. The Kier molecular flexibility index (Phi) is 3.24. The molecule has 2 fully saturated rings. The van der Waals surface area contributed by atoms with E-state index in [1.165, 1.54) is 12.8 Å². The van der Waals surface area contributed by atoms with Crippen molar-refractivity contribution in [3.63, 3.8) is 0 Å². The van der Waals surface area contributed by atoms with Crippen molar-refractivity contribution in [2.75, 3.05) is 0 Å². The normalized spacial score (nSPS) is 21.8. The maximum Gasteiger partial charge on any atom is 0.251 e. The number of amides is 1. The van der Waals surface area contributed by atoms with Crippen LogP contribution in [-0.4, -0.2) is 18.1 Å². The molecule has 1 aromatic rings. The molecule has 3 rings (SSSR count). The Labute approximate surface area is 105 Å². The molecule has 18 heavy (non-hydrogen) atoms. The Bertz CT molecular complexity index is 414. The second-order valence-electron chi connectivity index (χ2n) is 4.72. The molecule has 1 amide bonds. The number of hydrogen-bond acceptors (Lipinski definition) is 5. The highest BCUT2D eigenvalue weighted by molar-refractivity contribution is 5.94. The topological polar surface area (TPSA) is 77.2 Å². The molecule has 1 unspecified atom stereocenters. The van der Waals surface area contributed by atoms with Crippen LogP contribution in [0.25, 0.3) is 0 Å². The van der Waals surface area contributed by atoms with Crippen LogP contribution in [0.5, 0.6) is 0 Å². The van der Waals surface area contributed by atoms with E-state index in [1.807, 2.05) is 30.3 Å². The highest BCUT2D eigenvalue weighted by Gasteiger charge is 2.38. The second-order valence-corrected chi connectivity index (χ2v) is 4.72. The van der Waals surface area contributed by atoms with Crippen LogP contribution in [-0.2, 0) is 0 Å². The van der Waals surface area contributed by atoms with Gasteiger partial charge in [-0.1, -0.05) is 18.2 Å². The van der Waals surface area contributed by atoms with Crippen LogP contribution >= 0.6 is 0 Å². The van der Waals surface area contributed by atoms with E-state index in [0.717, 1.165) is 0 Å². The molecule has 0 spiro atoms. The lowest BCUT2D eigenvalue weighted by molar-refractivity contribution is 0.0919. The van der Waals surface area contributed by atoms with E-state index in [2.05, 4.69) is 27.2 Å². The molecule has 0 aromatic heterocycles. The molecule has 1 heterocycles. The minimum absolute atomic E-state index is 0.00478. The maximum absolute atomic E-state index is 12.1. The van der Waals surface area contributed by atoms with Crippen molar-refractivity contribution in [2.45, 2.75) is 25.0 Å². The van der Waals surface area contributed by atoms with E-state index in [0.29, 0.717) is 11.5 Å². The molecular weight excluding hydrogens is 230 g/mol. The van der Waals surface area contributed by atoms with E-state index in [4.69, 9.17) is 0 Å². The number of hydrogen-bond donors (Lipinski definition) is 5. The van der Waals surface area contributed by atoms with Gasteiger partial charge in [-0.2, -0.15) is 11.1 Å². The first-order valence-electron chi connectivity index (χ1n) is 6.21. The molecule has 6 nitrogen and oxygen atoms in total. The summed E-state index contributed by atoms with van der Waals surface area (Å²) < 4.78 is 0. The fourth-order valence-corrected chi connectivity index (χ4v) is 2.20. The number of carbonyl (C=O) groups is 1. The maximum atomic E-state index is 12.1. The smallest absolute Gasteiger partial charge is 0.251 e. The molecule has 1 saturated carbocycles. The lowest BCUT2D eigenvalue weighted by Crippen LogP contribution is -2.54. The number of rotatable bonds is 4. The molecule has 0 radical (unpaired) electrons. The third kappa shape index (κ3) is 2.51. The van der Waals surface area contributed by atoms with Crippen LogP contribution in [0.4, 0.5) is 0 Å². The van der Waals surface area contributed by atoms with Crippen molar-refractivity contribution in [1.82, 2.24) is 27.2 Å². The molecule has 1 saturated heterocycles. The molecule has 1 aliphatic heterocycles. The van der Waals surface area contributed by atoms with E-state index in [1.54, 1.807) is 0 Å². The Hall–Kier alpha value is -1.47. The third-order valence-electron chi connectivity index (χ3n) is 3.34. The van der Waals surface area contributed by atoms with Gasteiger partial charge >= 0.3 is 0 Å². The van der Waals surface area contributed by atoms with Gasteiger partial charge in [0.2, 0.25) is 0 Å². The Morgan fingerprint density at radius 1 is 1.17 bits per heavy atom. The molecule has 1 atom stereocenters. The van der Waals surface area contributed by atoms with E-state index >= 15 is 0 Å². The predicted molar refractivity (Wildman–Crippen MR) is 66.8 cm³/mol. The molecule has 1 aromatic carbocycles. The number of carbonyl (C=O) groups excluding carboxylic acids is 1. The summed E-state index contributed by atoms with van der Waals surface area (Å²) in [7, 11) is 0. The molecule has 0 bridgehead atoms. The van der Waals surface area contributed by atoms with Gasteiger partial charge in [0.15, 0.2) is 0 Å². The summed E-state index contributed by atoms with van der Waals surface area (Å²) in [4.78, 5) is 12.1. The standard InChI is InChI=1S/C12H17N5O/c18-12(9-4-2-1-3-5-9)13-10(8-6-7-8)11-14-16-17-15-11/h1-5,8,10-11,14-17H,6-7H2,(H,13,18). The molecule has 6 heteroatoms. The number of hydrazine groups is 3. The molecule has 96 valence electrons. The minimum atomic E-state index is -0.0250. The fourth-order valence-electron chi connectivity index (χ4n) is 2.20. The van der Waals surface area contributed by atoms with Crippen LogP contribution in [0.1, 0.15) is 23.2 Å². The molecular formula is C12H17N5O. The second kappa shape index (κ2) is 5.03. The highest BCUT2D eigenvalue weighted by atomic mass is 16.1.